The van der Waals surface area contributed by atoms with Crippen molar-refractivity contribution in [3.63, 3.8) is 0 Å². The van der Waals surface area contributed by atoms with Crippen molar-refractivity contribution < 1.29 is 0 Å². The molecule has 19 heavy (non-hydrogen) atoms. The van der Waals surface area contributed by atoms with Gasteiger partial charge >= 0.3 is 0 Å². The molecule has 114 valence electrons. The SMILES string of the molecule is CC(C)(C)NCCCCCCN1CCCCCCC1. The van der Waals surface area contributed by atoms with Crippen LogP contribution in [0.1, 0.15) is 78.6 Å². The second-order valence-corrected chi connectivity index (χ2v) is 7.20. The Morgan fingerprint density at radius 2 is 1.37 bits per heavy atom. The largest absolute Gasteiger partial charge is 0.312 e. The van der Waals surface area contributed by atoms with Crippen LogP contribution in [-0.4, -0.2) is 36.6 Å². The lowest BCUT2D eigenvalue weighted by Gasteiger charge is -2.24. The van der Waals surface area contributed by atoms with Crippen LogP contribution >= 0.6 is 0 Å². The first-order valence-electron chi connectivity index (χ1n) is 8.55. The first-order chi connectivity index (χ1) is 9.08. The van der Waals surface area contributed by atoms with Crippen LogP contribution in [-0.2, 0) is 0 Å². The third kappa shape index (κ3) is 10.4. The molecule has 1 fully saturated rings. The van der Waals surface area contributed by atoms with Crippen LogP contribution in [0, 0.1) is 0 Å². The highest BCUT2D eigenvalue weighted by Crippen LogP contribution is 2.11. The summed E-state index contributed by atoms with van der Waals surface area (Å²) in [6.45, 7) is 12.0. The second-order valence-electron chi connectivity index (χ2n) is 7.20. The van der Waals surface area contributed by atoms with Crippen molar-refractivity contribution in [2.24, 2.45) is 0 Å². The molecule has 1 N–H and O–H groups in total. The van der Waals surface area contributed by atoms with Gasteiger partial charge in [-0.3, -0.25) is 0 Å². The second kappa shape index (κ2) is 9.77. The standard InChI is InChI=1S/C17H36N2/c1-17(2,3)18-13-9-5-8-12-16-19-14-10-6-4-7-11-15-19/h18H,4-16H2,1-3H3. The molecule has 0 atom stereocenters. The minimum atomic E-state index is 0.282. The van der Waals surface area contributed by atoms with E-state index in [9.17, 15) is 0 Å². The molecule has 0 aromatic carbocycles. The average molecular weight is 268 g/mol. The number of likely N-dealkylation sites (tertiary alicyclic amines) is 1. The number of rotatable bonds is 7. The van der Waals surface area contributed by atoms with Gasteiger partial charge in [-0.25, -0.2) is 0 Å². The molecule has 0 aromatic rings. The van der Waals surface area contributed by atoms with Crippen LogP contribution < -0.4 is 5.32 Å². The number of nitrogens with one attached hydrogen (secondary N) is 1. The van der Waals surface area contributed by atoms with Crippen molar-refractivity contribution in [1.29, 1.82) is 0 Å². The van der Waals surface area contributed by atoms with Gasteiger partial charge in [-0.1, -0.05) is 32.1 Å². The molecule has 1 aliphatic heterocycles. The van der Waals surface area contributed by atoms with Gasteiger partial charge in [-0.15, -0.1) is 0 Å². The molecule has 2 heteroatoms. The van der Waals surface area contributed by atoms with Gasteiger partial charge < -0.3 is 10.2 Å². The van der Waals surface area contributed by atoms with E-state index in [4.69, 9.17) is 0 Å². The highest BCUT2D eigenvalue weighted by Gasteiger charge is 2.08. The maximum atomic E-state index is 3.57. The predicted molar refractivity (Wildman–Crippen MR) is 85.7 cm³/mol. The zero-order valence-corrected chi connectivity index (χ0v) is 13.6. The van der Waals surface area contributed by atoms with Crippen LogP contribution in [0.4, 0.5) is 0 Å². The Morgan fingerprint density at radius 3 is 2.00 bits per heavy atom. The fourth-order valence-electron chi connectivity index (χ4n) is 2.81. The van der Waals surface area contributed by atoms with E-state index >= 15 is 0 Å². The Bertz CT molecular complexity index is 200. The fraction of sp³-hybridized carbons (Fsp3) is 1.00. The number of unbranched alkanes of at least 4 members (excludes halogenated alkanes) is 3. The van der Waals surface area contributed by atoms with Gasteiger partial charge in [-0.05, 0) is 72.6 Å². The molecule has 0 unspecified atom stereocenters. The van der Waals surface area contributed by atoms with Crippen molar-refractivity contribution in [2.45, 2.75) is 84.1 Å². The summed E-state index contributed by atoms with van der Waals surface area (Å²) in [5.41, 5.74) is 0.282. The monoisotopic (exact) mass is 268 g/mol. The molecule has 2 nitrogen and oxygen atoms in total. The van der Waals surface area contributed by atoms with E-state index in [1.54, 1.807) is 0 Å². The summed E-state index contributed by atoms with van der Waals surface area (Å²) in [7, 11) is 0. The summed E-state index contributed by atoms with van der Waals surface area (Å²) >= 11 is 0. The van der Waals surface area contributed by atoms with E-state index in [1.807, 2.05) is 0 Å². The summed E-state index contributed by atoms with van der Waals surface area (Å²) < 4.78 is 0. The lowest BCUT2D eigenvalue weighted by atomic mass is 10.1. The van der Waals surface area contributed by atoms with Gasteiger partial charge in [-0.2, -0.15) is 0 Å². The van der Waals surface area contributed by atoms with E-state index in [1.165, 1.54) is 84.0 Å². The third-order valence-corrected chi connectivity index (χ3v) is 4.01. The molecule has 0 bridgehead atoms. The van der Waals surface area contributed by atoms with E-state index in [0.29, 0.717) is 0 Å². The molecular formula is C17H36N2. The minimum Gasteiger partial charge on any atom is -0.312 e. The molecule has 1 heterocycles. The highest BCUT2D eigenvalue weighted by molar-refractivity contribution is 4.69. The number of hydrogen-bond donors (Lipinski definition) is 1. The minimum absolute atomic E-state index is 0.282. The molecule has 0 spiro atoms. The Labute approximate surface area is 121 Å². The summed E-state index contributed by atoms with van der Waals surface area (Å²) in [4.78, 5) is 2.70. The summed E-state index contributed by atoms with van der Waals surface area (Å²) in [6.07, 6.45) is 12.7. The van der Waals surface area contributed by atoms with Gasteiger partial charge in [0.05, 0.1) is 0 Å². The number of hydrogen-bond acceptors (Lipinski definition) is 2. The van der Waals surface area contributed by atoms with E-state index in [0.717, 1.165) is 0 Å². The van der Waals surface area contributed by atoms with Crippen molar-refractivity contribution in [3.8, 4) is 0 Å². The molecule has 0 saturated carbocycles. The van der Waals surface area contributed by atoms with Crippen molar-refractivity contribution in [1.82, 2.24) is 10.2 Å². The van der Waals surface area contributed by atoms with E-state index in [-0.39, 0.29) is 5.54 Å². The molecule has 1 rings (SSSR count). The van der Waals surface area contributed by atoms with Crippen LogP contribution in [0.25, 0.3) is 0 Å². The van der Waals surface area contributed by atoms with Crippen molar-refractivity contribution in [3.05, 3.63) is 0 Å². The Hall–Kier alpha value is -0.0800. The van der Waals surface area contributed by atoms with Crippen LogP contribution in [0.2, 0.25) is 0 Å². The molecule has 1 saturated heterocycles. The predicted octanol–water partition coefficient (Wildman–Crippen LogP) is 4.20. The van der Waals surface area contributed by atoms with Crippen LogP contribution in [0.5, 0.6) is 0 Å². The quantitative estimate of drug-likeness (QED) is 0.696. The van der Waals surface area contributed by atoms with E-state index in [2.05, 4.69) is 31.0 Å². The Kier molecular flexibility index (Phi) is 8.72. The normalized spacial score (nSPS) is 19.1. The first kappa shape index (κ1) is 17.0. The maximum absolute atomic E-state index is 3.57. The van der Waals surface area contributed by atoms with Gasteiger partial charge in [0.1, 0.15) is 0 Å². The lowest BCUT2D eigenvalue weighted by Crippen LogP contribution is -2.36. The summed E-state index contributed by atoms with van der Waals surface area (Å²) in [6, 6.07) is 0. The van der Waals surface area contributed by atoms with Gasteiger partial charge in [0.25, 0.3) is 0 Å². The zero-order chi connectivity index (χ0) is 14.0. The molecule has 0 amide bonds. The molecule has 1 aliphatic rings. The van der Waals surface area contributed by atoms with Gasteiger partial charge in [0.2, 0.25) is 0 Å². The van der Waals surface area contributed by atoms with Crippen molar-refractivity contribution in [2.75, 3.05) is 26.2 Å². The molecule has 0 radical (unpaired) electrons. The maximum Gasteiger partial charge on any atom is 0.00965 e. The first-order valence-corrected chi connectivity index (χ1v) is 8.55. The van der Waals surface area contributed by atoms with Crippen LogP contribution in [0.3, 0.4) is 0 Å². The molecular weight excluding hydrogens is 232 g/mol. The molecule has 0 aliphatic carbocycles. The molecule has 0 aromatic heterocycles. The number of nitrogens with zero attached hydrogens (tertiary/aromatic N) is 1. The van der Waals surface area contributed by atoms with Gasteiger partial charge in [0, 0.05) is 5.54 Å². The zero-order valence-electron chi connectivity index (χ0n) is 13.6. The Morgan fingerprint density at radius 1 is 0.789 bits per heavy atom. The average Bonchev–Trinajstić information content (AvgIpc) is 2.28. The summed E-state index contributed by atoms with van der Waals surface area (Å²) in [5.74, 6) is 0. The smallest absolute Gasteiger partial charge is 0.00965 e. The lowest BCUT2D eigenvalue weighted by molar-refractivity contribution is 0.242. The Balaban J connectivity index is 1.92. The highest BCUT2D eigenvalue weighted by atomic mass is 15.1. The summed E-state index contributed by atoms with van der Waals surface area (Å²) in [5, 5.41) is 3.57. The van der Waals surface area contributed by atoms with Crippen LogP contribution in [0.15, 0.2) is 0 Å². The topological polar surface area (TPSA) is 15.3 Å². The van der Waals surface area contributed by atoms with Gasteiger partial charge in [0.15, 0.2) is 0 Å². The fourth-order valence-corrected chi connectivity index (χ4v) is 2.81. The third-order valence-electron chi connectivity index (χ3n) is 4.01. The van der Waals surface area contributed by atoms with Crippen molar-refractivity contribution >= 4 is 0 Å². The van der Waals surface area contributed by atoms with E-state index < -0.39 is 0 Å².